The number of nitrogens with one attached hydrogen (secondary N) is 1. The molecule has 20 heavy (non-hydrogen) atoms. The van der Waals surface area contributed by atoms with Gasteiger partial charge >= 0.3 is 5.97 Å². The van der Waals surface area contributed by atoms with Crippen molar-refractivity contribution in [3.8, 4) is 0 Å². The van der Waals surface area contributed by atoms with Crippen molar-refractivity contribution in [2.45, 2.75) is 0 Å². The molecule has 9 heteroatoms. The van der Waals surface area contributed by atoms with Gasteiger partial charge in [-0.05, 0) is 12.1 Å². The highest BCUT2D eigenvalue weighted by Gasteiger charge is 2.17. The third-order valence-corrected chi connectivity index (χ3v) is 2.42. The molecule has 1 aromatic heterocycles. The van der Waals surface area contributed by atoms with Crippen molar-refractivity contribution >= 4 is 34.5 Å². The monoisotopic (exact) mass is 275 g/mol. The summed E-state index contributed by atoms with van der Waals surface area (Å²) in [5.74, 6) is -0.923. The standard InChI is InChI=1S/C11H13N7O2/c1-20-9(19)8-7-5(15-11(14)16-10(12)13)3-2-4-6(7)17-18-8/h2-4H,1H3,(H,17,18)(H6,12,13,14,15,16). The maximum absolute atomic E-state index is 11.7. The molecule has 0 spiro atoms. The van der Waals surface area contributed by atoms with Gasteiger partial charge in [0.2, 0.25) is 5.96 Å². The molecule has 0 bridgehead atoms. The quantitative estimate of drug-likeness (QED) is 0.330. The SMILES string of the molecule is COC(=O)c1n[nH]c2cccc(N=C(N)N=C(N)N)c12. The van der Waals surface area contributed by atoms with Crippen molar-refractivity contribution in [1.29, 1.82) is 0 Å². The molecule has 0 amide bonds. The number of rotatable bonds is 2. The van der Waals surface area contributed by atoms with E-state index in [0.717, 1.165) is 0 Å². The lowest BCUT2D eigenvalue weighted by Gasteiger charge is -2.00. The molecule has 2 aromatic rings. The molecule has 2 rings (SSSR count). The zero-order valence-corrected chi connectivity index (χ0v) is 10.6. The van der Waals surface area contributed by atoms with Crippen LogP contribution in [0.15, 0.2) is 28.2 Å². The first-order valence-electron chi connectivity index (χ1n) is 5.52. The van der Waals surface area contributed by atoms with E-state index in [1.165, 1.54) is 7.11 Å². The zero-order chi connectivity index (χ0) is 14.7. The lowest BCUT2D eigenvalue weighted by Crippen LogP contribution is -2.26. The van der Waals surface area contributed by atoms with Crippen LogP contribution in [0.1, 0.15) is 10.5 Å². The van der Waals surface area contributed by atoms with Crippen LogP contribution >= 0.6 is 0 Å². The van der Waals surface area contributed by atoms with Crippen LogP contribution in [0.25, 0.3) is 10.9 Å². The van der Waals surface area contributed by atoms with Crippen LogP contribution in [0, 0.1) is 0 Å². The van der Waals surface area contributed by atoms with Crippen LogP contribution in [0.4, 0.5) is 5.69 Å². The van der Waals surface area contributed by atoms with Gasteiger partial charge in [0, 0.05) is 0 Å². The highest BCUT2D eigenvalue weighted by Crippen LogP contribution is 2.28. The van der Waals surface area contributed by atoms with Gasteiger partial charge in [-0.2, -0.15) is 10.1 Å². The fourth-order valence-electron chi connectivity index (χ4n) is 1.67. The summed E-state index contributed by atoms with van der Waals surface area (Å²) < 4.78 is 4.66. The summed E-state index contributed by atoms with van der Waals surface area (Å²) in [6.45, 7) is 0. The number of carbonyl (C=O) groups excluding carboxylic acids is 1. The Hall–Kier alpha value is -3.10. The first-order chi connectivity index (χ1) is 9.52. The summed E-state index contributed by atoms with van der Waals surface area (Å²) >= 11 is 0. The summed E-state index contributed by atoms with van der Waals surface area (Å²) in [4.78, 5) is 19.3. The Kier molecular flexibility index (Phi) is 3.51. The Morgan fingerprint density at radius 1 is 1.35 bits per heavy atom. The molecule has 1 heterocycles. The Morgan fingerprint density at radius 2 is 2.10 bits per heavy atom. The molecule has 0 fully saturated rings. The largest absolute Gasteiger partial charge is 0.464 e. The molecule has 0 saturated carbocycles. The second-order valence-electron chi connectivity index (χ2n) is 3.77. The highest BCUT2D eigenvalue weighted by molar-refractivity contribution is 6.07. The van der Waals surface area contributed by atoms with Gasteiger partial charge in [0.25, 0.3) is 0 Å². The summed E-state index contributed by atoms with van der Waals surface area (Å²) in [6.07, 6.45) is 0. The van der Waals surface area contributed by atoms with E-state index in [4.69, 9.17) is 17.2 Å². The van der Waals surface area contributed by atoms with Crippen LogP contribution < -0.4 is 17.2 Å². The topological polar surface area (TPSA) is 158 Å². The van der Waals surface area contributed by atoms with Gasteiger partial charge in [0.15, 0.2) is 11.7 Å². The lowest BCUT2D eigenvalue weighted by atomic mass is 10.1. The van der Waals surface area contributed by atoms with Crippen molar-refractivity contribution in [2.24, 2.45) is 27.2 Å². The molecular formula is C11H13N7O2. The number of methoxy groups -OCH3 is 1. The molecule has 7 N–H and O–H groups in total. The number of nitrogens with two attached hydrogens (primary N) is 3. The molecule has 0 saturated heterocycles. The third kappa shape index (κ3) is 2.51. The number of hydrogen-bond donors (Lipinski definition) is 4. The van der Waals surface area contributed by atoms with E-state index in [1.807, 2.05) is 0 Å². The first-order valence-corrected chi connectivity index (χ1v) is 5.52. The van der Waals surface area contributed by atoms with E-state index in [9.17, 15) is 4.79 Å². The molecule has 104 valence electrons. The minimum Gasteiger partial charge on any atom is -0.464 e. The van der Waals surface area contributed by atoms with Gasteiger partial charge in [0.05, 0.1) is 23.7 Å². The Morgan fingerprint density at radius 3 is 2.75 bits per heavy atom. The van der Waals surface area contributed by atoms with Crippen LogP contribution in [0.5, 0.6) is 0 Å². The summed E-state index contributed by atoms with van der Waals surface area (Å²) in [5.41, 5.74) is 17.1. The van der Waals surface area contributed by atoms with E-state index < -0.39 is 5.97 Å². The second-order valence-corrected chi connectivity index (χ2v) is 3.77. The van der Waals surface area contributed by atoms with Gasteiger partial charge in [-0.1, -0.05) is 6.07 Å². The highest BCUT2D eigenvalue weighted by atomic mass is 16.5. The van der Waals surface area contributed by atoms with Gasteiger partial charge in [-0.15, -0.1) is 0 Å². The first kappa shape index (κ1) is 13.3. The van der Waals surface area contributed by atoms with Gasteiger partial charge in [-0.3, -0.25) is 5.10 Å². The minimum absolute atomic E-state index is 0.111. The smallest absolute Gasteiger partial charge is 0.359 e. The van der Waals surface area contributed by atoms with Gasteiger partial charge < -0.3 is 21.9 Å². The Labute approximate surface area is 113 Å². The number of nitrogens with zero attached hydrogens (tertiary/aromatic N) is 3. The molecule has 0 atom stereocenters. The molecule has 0 aliphatic carbocycles. The minimum atomic E-state index is -0.584. The number of aromatic amines is 1. The normalized spacial score (nSPS) is 11.3. The van der Waals surface area contributed by atoms with Crippen molar-refractivity contribution < 1.29 is 9.53 Å². The number of ether oxygens (including phenoxy) is 1. The predicted molar refractivity (Wildman–Crippen MR) is 74.5 cm³/mol. The third-order valence-electron chi connectivity index (χ3n) is 2.42. The number of benzene rings is 1. The molecule has 1 aromatic carbocycles. The fraction of sp³-hybridized carbons (Fsp3) is 0.0909. The van der Waals surface area contributed by atoms with E-state index in [0.29, 0.717) is 16.6 Å². The number of aliphatic imine (C=N–C) groups is 2. The van der Waals surface area contributed by atoms with Crippen LogP contribution in [-0.4, -0.2) is 35.2 Å². The maximum Gasteiger partial charge on any atom is 0.359 e. The summed E-state index contributed by atoms with van der Waals surface area (Å²) in [5, 5.41) is 7.09. The number of guanidine groups is 2. The number of fused-ring (bicyclic) bond motifs is 1. The predicted octanol–water partition coefficient (Wildman–Crippen LogP) is -0.431. The van der Waals surface area contributed by atoms with E-state index in [2.05, 4.69) is 24.9 Å². The molecule has 0 aliphatic heterocycles. The molecule has 9 nitrogen and oxygen atoms in total. The van der Waals surface area contributed by atoms with Crippen molar-refractivity contribution in [3.63, 3.8) is 0 Å². The number of aromatic nitrogens is 2. The van der Waals surface area contributed by atoms with Crippen LogP contribution in [0.3, 0.4) is 0 Å². The molecule has 0 radical (unpaired) electrons. The van der Waals surface area contributed by atoms with Gasteiger partial charge in [-0.25, -0.2) is 9.79 Å². The number of carbonyl (C=O) groups is 1. The average Bonchev–Trinajstić information content (AvgIpc) is 2.81. The molecular weight excluding hydrogens is 262 g/mol. The van der Waals surface area contributed by atoms with Crippen LogP contribution in [-0.2, 0) is 4.74 Å². The number of hydrogen-bond acceptors (Lipinski definition) is 4. The Bertz CT molecular complexity index is 713. The lowest BCUT2D eigenvalue weighted by molar-refractivity contribution is 0.0596. The maximum atomic E-state index is 11.7. The van der Waals surface area contributed by atoms with Crippen LogP contribution in [0.2, 0.25) is 0 Å². The zero-order valence-electron chi connectivity index (χ0n) is 10.6. The Balaban J connectivity index is 2.62. The van der Waals surface area contributed by atoms with Crippen molar-refractivity contribution in [2.75, 3.05) is 7.11 Å². The number of esters is 1. The van der Waals surface area contributed by atoms with E-state index >= 15 is 0 Å². The summed E-state index contributed by atoms with van der Waals surface area (Å²) in [7, 11) is 1.27. The van der Waals surface area contributed by atoms with Gasteiger partial charge in [0.1, 0.15) is 0 Å². The summed E-state index contributed by atoms with van der Waals surface area (Å²) in [6, 6.07) is 5.12. The number of H-pyrrole nitrogens is 1. The van der Waals surface area contributed by atoms with E-state index in [1.54, 1.807) is 18.2 Å². The second kappa shape index (κ2) is 5.26. The molecule has 0 aliphatic rings. The average molecular weight is 275 g/mol. The fourth-order valence-corrected chi connectivity index (χ4v) is 1.67. The van der Waals surface area contributed by atoms with Crippen molar-refractivity contribution in [3.05, 3.63) is 23.9 Å². The van der Waals surface area contributed by atoms with E-state index in [-0.39, 0.29) is 17.6 Å². The molecule has 0 unspecified atom stereocenters. The van der Waals surface area contributed by atoms with Crippen molar-refractivity contribution in [1.82, 2.24) is 10.2 Å².